The molecule has 1 N–H and O–H groups in total. The summed E-state index contributed by atoms with van der Waals surface area (Å²) in [6.07, 6.45) is 0. The van der Waals surface area contributed by atoms with Gasteiger partial charge in [-0.25, -0.2) is 9.37 Å². The van der Waals surface area contributed by atoms with Gasteiger partial charge in [0, 0.05) is 5.56 Å². The van der Waals surface area contributed by atoms with E-state index in [0.717, 1.165) is 43.1 Å². The standard InChI is InChI=1S/C22H24FN3O2S/c1-15-12-19-20(13-16(15)2)29-22(24-19)26(7-6-25-8-10-28-11-9-25)21(27)17-4-3-5-18(23)14-17/h3-5,12-14H,6-11H2,1-2H3/p+1. The van der Waals surface area contributed by atoms with Crippen LogP contribution >= 0.6 is 11.3 Å². The quantitative estimate of drug-likeness (QED) is 0.698. The Kier molecular flexibility index (Phi) is 5.89. The Morgan fingerprint density at radius 2 is 1.97 bits per heavy atom. The molecule has 1 aliphatic rings. The minimum absolute atomic E-state index is 0.218. The van der Waals surface area contributed by atoms with Crippen LogP contribution in [0, 0.1) is 19.7 Å². The SMILES string of the molecule is Cc1cc2nc(N(CC[NH+]3CCOCC3)C(=O)c3cccc(F)c3)sc2cc1C. The lowest BCUT2D eigenvalue weighted by molar-refractivity contribution is -0.906. The van der Waals surface area contributed by atoms with Crippen molar-refractivity contribution in [2.24, 2.45) is 0 Å². The van der Waals surface area contributed by atoms with Gasteiger partial charge in [-0.05, 0) is 55.3 Å². The second-order valence-corrected chi connectivity index (χ2v) is 8.49. The first kappa shape index (κ1) is 19.9. The number of fused-ring (bicyclic) bond motifs is 1. The first-order valence-electron chi connectivity index (χ1n) is 9.88. The van der Waals surface area contributed by atoms with Gasteiger partial charge in [0.15, 0.2) is 5.13 Å². The summed E-state index contributed by atoms with van der Waals surface area (Å²) in [6.45, 7) is 8.82. The van der Waals surface area contributed by atoms with Crippen LogP contribution in [0.4, 0.5) is 9.52 Å². The van der Waals surface area contributed by atoms with E-state index in [9.17, 15) is 9.18 Å². The van der Waals surface area contributed by atoms with Gasteiger partial charge in [-0.2, -0.15) is 0 Å². The van der Waals surface area contributed by atoms with Gasteiger partial charge in [0.1, 0.15) is 18.9 Å². The molecule has 0 unspecified atom stereocenters. The summed E-state index contributed by atoms with van der Waals surface area (Å²) < 4.78 is 20.2. The Hall–Kier alpha value is -2.35. The Labute approximate surface area is 173 Å². The fourth-order valence-corrected chi connectivity index (χ4v) is 4.59. The van der Waals surface area contributed by atoms with Crippen LogP contribution in [-0.4, -0.2) is 50.3 Å². The van der Waals surface area contributed by atoms with Crippen molar-refractivity contribution in [2.75, 3.05) is 44.3 Å². The summed E-state index contributed by atoms with van der Waals surface area (Å²) in [5, 5.41) is 0.659. The number of carbonyl (C=O) groups excluding carboxylic acids is 1. The average Bonchev–Trinajstić information content (AvgIpc) is 3.11. The first-order valence-corrected chi connectivity index (χ1v) is 10.7. The monoisotopic (exact) mass is 414 g/mol. The molecule has 1 fully saturated rings. The van der Waals surface area contributed by atoms with Crippen LogP contribution in [0.25, 0.3) is 10.2 Å². The van der Waals surface area contributed by atoms with Crippen molar-refractivity contribution in [1.82, 2.24) is 4.98 Å². The normalized spacial score (nSPS) is 15.0. The van der Waals surface area contributed by atoms with E-state index in [0.29, 0.717) is 17.2 Å². The Morgan fingerprint density at radius 1 is 1.21 bits per heavy atom. The number of benzene rings is 2. The number of morpholine rings is 1. The van der Waals surface area contributed by atoms with Crippen LogP contribution in [0.5, 0.6) is 0 Å². The summed E-state index contributed by atoms with van der Waals surface area (Å²) in [5.74, 6) is -0.630. The lowest BCUT2D eigenvalue weighted by Gasteiger charge is -2.27. The van der Waals surface area contributed by atoms with Gasteiger partial charge in [0.25, 0.3) is 5.91 Å². The number of nitrogens with zero attached hydrogens (tertiary/aromatic N) is 2. The highest BCUT2D eigenvalue weighted by Crippen LogP contribution is 2.31. The molecule has 1 saturated heterocycles. The highest BCUT2D eigenvalue weighted by molar-refractivity contribution is 7.22. The van der Waals surface area contributed by atoms with Gasteiger partial charge >= 0.3 is 0 Å². The van der Waals surface area contributed by atoms with Crippen molar-refractivity contribution < 1.29 is 18.8 Å². The first-order chi connectivity index (χ1) is 14.0. The van der Waals surface area contributed by atoms with Crippen molar-refractivity contribution in [2.45, 2.75) is 13.8 Å². The van der Waals surface area contributed by atoms with Crippen LogP contribution in [0.3, 0.4) is 0 Å². The number of hydrogen-bond donors (Lipinski definition) is 1. The minimum Gasteiger partial charge on any atom is -0.370 e. The molecule has 2 heterocycles. The van der Waals surface area contributed by atoms with Crippen LogP contribution in [0.1, 0.15) is 21.5 Å². The lowest BCUT2D eigenvalue weighted by Crippen LogP contribution is -3.14. The molecule has 0 aliphatic carbocycles. The van der Waals surface area contributed by atoms with Gasteiger partial charge in [-0.15, -0.1) is 0 Å². The third kappa shape index (κ3) is 4.47. The van der Waals surface area contributed by atoms with Gasteiger partial charge in [-0.1, -0.05) is 17.4 Å². The van der Waals surface area contributed by atoms with Crippen LogP contribution in [0.2, 0.25) is 0 Å². The highest BCUT2D eigenvalue weighted by Gasteiger charge is 2.24. The number of anilines is 1. The van der Waals surface area contributed by atoms with Crippen molar-refractivity contribution in [3.63, 3.8) is 0 Å². The van der Waals surface area contributed by atoms with Crippen LogP contribution < -0.4 is 9.80 Å². The molecule has 29 heavy (non-hydrogen) atoms. The number of ether oxygens (including phenoxy) is 1. The Bertz CT molecular complexity index is 991. The van der Waals surface area contributed by atoms with E-state index in [2.05, 4.69) is 26.0 Å². The predicted octanol–water partition coefficient (Wildman–Crippen LogP) is 2.61. The molecule has 3 aromatic rings. The topological polar surface area (TPSA) is 46.9 Å². The van der Waals surface area contributed by atoms with E-state index in [-0.39, 0.29) is 5.91 Å². The Balaban J connectivity index is 1.66. The summed E-state index contributed by atoms with van der Waals surface area (Å²) in [7, 11) is 0. The molecule has 0 atom stereocenters. The second kappa shape index (κ2) is 8.57. The molecule has 7 heteroatoms. The average molecular weight is 415 g/mol. The van der Waals surface area contributed by atoms with Gasteiger partial charge in [0.05, 0.1) is 36.5 Å². The molecule has 1 aromatic heterocycles. The zero-order valence-electron chi connectivity index (χ0n) is 16.7. The number of aromatic nitrogens is 1. The van der Waals surface area contributed by atoms with E-state index in [1.807, 2.05) is 0 Å². The lowest BCUT2D eigenvalue weighted by atomic mass is 10.1. The second-order valence-electron chi connectivity index (χ2n) is 7.48. The van der Waals surface area contributed by atoms with E-state index in [1.165, 1.54) is 39.5 Å². The molecule has 0 spiro atoms. The van der Waals surface area contributed by atoms with Gasteiger partial charge in [0.2, 0.25) is 0 Å². The van der Waals surface area contributed by atoms with Crippen molar-refractivity contribution in [3.05, 3.63) is 58.9 Å². The summed E-state index contributed by atoms with van der Waals surface area (Å²) in [4.78, 5) is 21.1. The number of nitrogens with one attached hydrogen (secondary N) is 1. The molecule has 152 valence electrons. The highest BCUT2D eigenvalue weighted by atomic mass is 32.1. The fourth-order valence-electron chi connectivity index (χ4n) is 3.52. The zero-order chi connectivity index (χ0) is 20.4. The molecule has 0 saturated carbocycles. The Morgan fingerprint density at radius 3 is 2.72 bits per heavy atom. The zero-order valence-corrected chi connectivity index (χ0v) is 17.5. The molecular weight excluding hydrogens is 389 g/mol. The smallest absolute Gasteiger partial charge is 0.260 e. The third-order valence-corrected chi connectivity index (χ3v) is 6.47. The number of thiazole rings is 1. The fraction of sp³-hybridized carbons (Fsp3) is 0.364. The van der Waals surface area contributed by atoms with E-state index < -0.39 is 5.82 Å². The molecule has 0 bridgehead atoms. The number of quaternary nitrogens is 1. The number of hydrogen-bond acceptors (Lipinski definition) is 4. The molecule has 1 amide bonds. The number of amides is 1. The van der Waals surface area contributed by atoms with Crippen molar-refractivity contribution >= 4 is 32.6 Å². The minimum atomic E-state index is -0.412. The molecule has 4 rings (SSSR count). The molecule has 2 aromatic carbocycles. The molecule has 0 radical (unpaired) electrons. The largest absolute Gasteiger partial charge is 0.370 e. The molecular formula is C22H25FN3O2S+. The molecule has 5 nitrogen and oxygen atoms in total. The number of rotatable bonds is 5. The maximum atomic E-state index is 13.7. The molecule has 1 aliphatic heterocycles. The number of aryl methyl sites for hydroxylation is 2. The van der Waals surface area contributed by atoms with Crippen molar-refractivity contribution in [3.8, 4) is 0 Å². The predicted molar refractivity (Wildman–Crippen MR) is 114 cm³/mol. The maximum Gasteiger partial charge on any atom is 0.260 e. The van der Waals surface area contributed by atoms with Crippen LogP contribution in [0.15, 0.2) is 36.4 Å². The van der Waals surface area contributed by atoms with E-state index in [4.69, 9.17) is 9.72 Å². The summed E-state index contributed by atoms with van der Waals surface area (Å²) >= 11 is 1.51. The van der Waals surface area contributed by atoms with E-state index >= 15 is 0 Å². The van der Waals surface area contributed by atoms with Gasteiger partial charge in [-0.3, -0.25) is 9.69 Å². The summed E-state index contributed by atoms with van der Waals surface area (Å²) in [6, 6.07) is 10.0. The van der Waals surface area contributed by atoms with Crippen molar-refractivity contribution in [1.29, 1.82) is 0 Å². The maximum absolute atomic E-state index is 13.7. The van der Waals surface area contributed by atoms with E-state index in [1.54, 1.807) is 17.0 Å². The summed E-state index contributed by atoms with van der Waals surface area (Å²) in [5.41, 5.74) is 3.61. The number of carbonyl (C=O) groups is 1. The van der Waals surface area contributed by atoms with Crippen LogP contribution in [-0.2, 0) is 4.74 Å². The van der Waals surface area contributed by atoms with Gasteiger partial charge < -0.3 is 9.64 Å². The third-order valence-electron chi connectivity index (χ3n) is 5.43. The number of halogens is 1.